The minimum atomic E-state index is -4.60. The molecule has 0 radical (unpaired) electrons. The number of nitrogens with zero attached hydrogens (tertiary/aromatic N) is 1. The highest BCUT2D eigenvalue weighted by atomic mass is 35.5. The fourth-order valence-corrected chi connectivity index (χ4v) is 3.34. The Bertz CT molecular complexity index is 1170. The van der Waals surface area contributed by atoms with Gasteiger partial charge >= 0.3 is 6.18 Å². The summed E-state index contributed by atoms with van der Waals surface area (Å²) in [6, 6.07) is 13.8. The summed E-state index contributed by atoms with van der Waals surface area (Å²) < 4.78 is 44.5. The van der Waals surface area contributed by atoms with Crippen LogP contribution in [0, 0.1) is 0 Å². The molecule has 0 fully saturated rings. The summed E-state index contributed by atoms with van der Waals surface area (Å²) in [4.78, 5) is 27.2. The Balaban J connectivity index is 1.45. The van der Waals surface area contributed by atoms with Gasteiger partial charge < -0.3 is 15.8 Å². The number of aromatic nitrogens is 1. The molecule has 0 spiro atoms. The Labute approximate surface area is 198 Å². The molecular weight excluding hydrogens is 471 g/mol. The molecule has 2 aromatic carbocycles. The number of carbonyl (C=O) groups excluding carboxylic acids is 2. The standard InChI is InChI=1S/C24H21ClF3N3O3/c25-20-9-6-17(13-19(20)24(26,27)28)31-22(32)3-1-2-15-4-7-18(8-5-15)34-14-16-10-11-30-21(12-16)23(29)33/h4-13H,1-3,14H2,(H2,29,33)(H,31,32). The zero-order valence-electron chi connectivity index (χ0n) is 17.9. The first kappa shape index (κ1) is 25.0. The number of hydrogen-bond donors (Lipinski definition) is 2. The topological polar surface area (TPSA) is 94.3 Å². The average Bonchev–Trinajstić information content (AvgIpc) is 2.79. The molecule has 0 atom stereocenters. The molecule has 1 heterocycles. The highest BCUT2D eigenvalue weighted by molar-refractivity contribution is 6.31. The van der Waals surface area contributed by atoms with Crippen LogP contribution in [0.25, 0.3) is 0 Å². The largest absolute Gasteiger partial charge is 0.489 e. The molecule has 0 aliphatic carbocycles. The van der Waals surface area contributed by atoms with Crippen LogP contribution in [-0.2, 0) is 24.0 Å². The van der Waals surface area contributed by atoms with Crippen molar-refractivity contribution < 1.29 is 27.5 Å². The summed E-state index contributed by atoms with van der Waals surface area (Å²) in [7, 11) is 0. The second-order valence-corrected chi connectivity index (χ2v) is 7.85. The van der Waals surface area contributed by atoms with Gasteiger partial charge in [0.25, 0.3) is 5.91 Å². The van der Waals surface area contributed by atoms with Crippen LogP contribution in [0.3, 0.4) is 0 Å². The van der Waals surface area contributed by atoms with Crippen molar-refractivity contribution in [3.63, 3.8) is 0 Å². The van der Waals surface area contributed by atoms with Crippen molar-refractivity contribution >= 4 is 29.1 Å². The van der Waals surface area contributed by atoms with Crippen LogP contribution in [0.1, 0.15) is 40.0 Å². The summed E-state index contributed by atoms with van der Waals surface area (Å²) in [5, 5.41) is 2.05. The maximum absolute atomic E-state index is 12.9. The number of primary amides is 1. The number of amides is 2. The van der Waals surface area contributed by atoms with E-state index in [1.54, 1.807) is 24.3 Å². The average molecular weight is 492 g/mol. The number of pyridine rings is 1. The van der Waals surface area contributed by atoms with E-state index in [9.17, 15) is 22.8 Å². The SMILES string of the molecule is NC(=O)c1cc(COc2ccc(CCCC(=O)Nc3ccc(Cl)c(C(F)(F)F)c3)cc2)ccn1. The first-order chi connectivity index (χ1) is 16.1. The van der Waals surface area contributed by atoms with Crippen LogP contribution in [0.2, 0.25) is 5.02 Å². The number of nitrogens with one attached hydrogen (secondary N) is 1. The maximum atomic E-state index is 12.9. The molecule has 10 heteroatoms. The third-order valence-electron chi connectivity index (χ3n) is 4.83. The molecule has 3 rings (SSSR count). The minimum Gasteiger partial charge on any atom is -0.489 e. The fraction of sp³-hybridized carbons (Fsp3) is 0.208. The molecule has 34 heavy (non-hydrogen) atoms. The monoisotopic (exact) mass is 491 g/mol. The normalized spacial score (nSPS) is 11.2. The third kappa shape index (κ3) is 7.21. The summed E-state index contributed by atoms with van der Waals surface area (Å²) in [6.07, 6.45) is -1.85. The molecule has 0 unspecified atom stereocenters. The maximum Gasteiger partial charge on any atom is 0.417 e. The zero-order chi connectivity index (χ0) is 24.7. The molecule has 6 nitrogen and oxygen atoms in total. The van der Waals surface area contributed by atoms with E-state index >= 15 is 0 Å². The lowest BCUT2D eigenvalue weighted by molar-refractivity contribution is -0.137. The number of halogens is 4. The third-order valence-corrected chi connectivity index (χ3v) is 5.16. The van der Waals surface area contributed by atoms with E-state index in [4.69, 9.17) is 22.1 Å². The van der Waals surface area contributed by atoms with Crippen molar-refractivity contribution in [2.24, 2.45) is 5.73 Å². The number of carbonyl (C=O) groups is 2. The number of hydrogen-bond acceptors (Lipinski definition) is 4. The molecule has 0 saturated carbocycles. The predicted molar refractivity (Wildman–Crippen MR) is 122 cm³/mol. The molecule has 1 aromatic heterocycles. The van der Waals surface area contributed by atoms with Crippen LogP contribution in [0.5, 0.6) is 5.75 Å². The van der Waals surface area contributed by atoms with Crippen molar-refractivity contribution in [3.05, 3.63) is 88.2 Å². The quantitative estimate of drug-likeness (QED) is 0.419. The summed E-state index contributed by atoms with van der Waals surface area (Å²) in [6.45, 7) is 0.239. The Morgan fingerprint density at radius 1 is 1.03 bits per heavy atom. The zero-order valence-corrected chi connectivity index (χ0v) is 18.6. The Morgan fingerprint density at radius 3 is 2.44 bits per heavy atom. The number of anilines is 1. The van der Waals surface area contributed by atoms with E-state index in [1.807, 2.05) is 12.1 Å². The van der Waals surface area contributed by atoms with Gasteiger partial charge in [-0.25, -0.2) is 0 Å². The van der Waals surface area contributed by atoms with E-state index in [0.717, 1.165) is 23.3 Å². The molecule has 178 valence electrons. The molecule has 0 bridgehead atoms. The predicted octanol–water partition coefficient (Wildman–Crippen LogP) is 5.39. The smallest absolute Gasteiger partial charge is 0.417 e. The Kier molecular flexibility index (Phi) is 8.12. The van der Waals surface area contributed by atoms with Gasteiger partial charge in [-0.05, 0) is 66.4 Å². The van der Waals surface area contributed by atoms with Gasteiger partial charge in [-0.2, -0.15) is 13.2 Å². The summed E-state index contributed by atoms with van der Waals surface area (Å²) >= 11 is 5.59. The number of alkyl halides is 3. The van der Waals surface area contributed by atoms with Crippen molar-refractivity contribution in [3.8, 4) is 5.75 Å². The van der Waals surface area contributed by atoms with Gasteiger partial charge in [-0.1, -0.05) is 23.7 Å². The molecule has 3 aromatic rings. The van der Waals surface area contributed by atoms with Crippen LogP contribution in [0.15, 0.2) is 60.8 Å². The van der Waals surface area contributed by atoms with Gasteiger partial charge in [-0.15, -0.1) is 0 Å². The van der Waals surface area contributed by atoms with Crippen molar-refractivity contribution in [2.75, 3.05) is 5.32 Å². The van der Waals surface area contributed by atoms with Crippen LogP contribution in [-0.4, -0.2) is 16.8 Å². The van der Waals surface area contributed by atoms with Gasteiger partial charge in [0, 0.05) is 18.3 Å². The molecule has 3 N–H and O–H groups in total. The summed E-state index contributed by atoms with van der Waals surface area (Å²) in [5.74, 6) is -0.371. The number of benzene rings is 2. The lowest BCUT2D eigenvalue weighted by Gasteiger charge is -2.12. The second kappa shape index (κ2) is 11.0. The Hall–Kier alpha value is -3.59. The first-order valence-corrected chi connectivity index (χ1v) is 10.6. The minimum absolute atomic E-state index is 0.0420. The highest BCUT2D eigenvalue weighted by Crippen LogP contribution is 2.36. The van der Waals surface area contributed by atoms with E-state index in [1.165, 1.54) is 12.3 Å². The van der Waals surface area contributed by atoms with Gasteiger partial charge in [0.15, 0.2) is 0 Å². The van der Waals surface area contributed by atoms with E-state index < -0.39 is 22.7 Å². The number of aryl methyl sites for hydroxylation is 1. The molecule has 2 amide bonds. The van der Waals surface area contributed by atoms with Gasteiger partial charge in [0.1, 0.15) is 18.1 Å². The van der Waals surface area contributed by atoms with Crippen molar-refractivity contribution in [1.29, 1.82) is 0 Å². The van der Waals surface area contributed by atoms with Gasteiger partial charge in [-0.3, -0.25) is 14.6 Å². The molecular formula is C24H21ClF3N3O3. The van der Waals surface area contributed by atoms with Crippen LogP contribution in [0.4, 0.5) is 18.9 Å². The number of rotatable bonds is 9. The lowest BCUT2D eigenvalue weighted by atomic mass is 10.1. The second-order valence-electron chi connectivity index (χ2n) is 7.44. The fourth-order valence-electron chi connectivity index (χ4n) is 3.11. The molecule has 0 aliphatic heterocycles. The first-order valence-electron chi connectivity index (χ1n) is 10.2. The van der Waals surface area contributed by atoms with Gasteiger partial charge in [0.2, 0.25) is 5.91 Å². The van der Waals surface area contributed by atoms with Gasteiger partial charge in [0.05, 0.1) is 10.6 Å². The lowest BCUT2D eigenvalue weighted by Crippen LogP contribution is -2.13. The van der Waals surface area contributed by atoms with E-state index in [2.05, 4.69) is 10.3 Å². The van der Waals surface area contributed by atoms with E-state index in [-0.39, 0.29) is 30.3 Å². The molecule has 0 aliphatic rings. The molecule has 0 saturated heterocycles. The number of nitrogens with two attached hydrogens (primary N) is 1. The van der Waals surface area contributed by atoms with Crippen molar-refractivity contribution in [2.45, 2.75) is 32.0 Å². The van der Waals surface area contributed by atoms with Crippen molar-refractivity contribution in [1.82, 2.24) is 4.98 Å². The highest BCUT2D eigenvalue weighted by Gasteiger charge is 2.33. The Morgan fingerprint density at radius 2 is 1.76 bits per heavy atom. The van der Waals surface area contributed by atoms with E-state index in [0.29, 0.717) is 18.6 Å². The summed E-state index contributed by atoms with van der Waals surface area (Å²) in [5.41, 5.74) is 6.16. The van der Waals surface area contributed by atoms with Crippen LogP contribution < -0.4 is 15.8 Å². The van der Waals surface area contributed by atoms with Crippen LogP contribution >= 0.6 is 11.6 Å². The number of ether oxygens (including phenoxy) is 1.